The molecule has 3 rings (SSSR count). The van der Waals surface area contributed by atoms with Gasteiger partial charge in [-0.05, 0) is 48.2 Å². The van der Waals surface area contributed by atoms with E-state index in [1.54, 1.807) is 7.11 Å². The molecule has 1 aliphatic rings. The molecule has 1 amide bonds. The number of methoxy groups -OCH3 is 1. The van der Waals surface area contributed by atoms with Crippen molar-refractivity contribution < 1.29 is 9.53 Å². The highest BCUT2D eigenvalue weighted by Crippen LogP contribution is 2.23. The van der Waals surface area contributed by atoms with E-state index in [9.17, 15) is 4.79 Å². The number of nitrogens with one attached hydrogen (secondary N) is 1. The van der Waals surface area contributed by atoms with Gasteiger partial charge in [-0.3, -0.25) is 4.79 Å². The molecule has 150 valence electrons. The van der Waals surface area contributed by atoms with Crippen LogP contribution < -0.4 is 15.0 Å². The van der Waals surface area contributed by atoms with Gasteiger partial charge in [-0.2, -0.15) is 0 Å². The maximum Gasteiger partial charge on any atom is 0.241 e. The molecule has 28 heavy (non-hydrogen) atoms. The summed E-state index contributed by atoms with van der Waals surface area (Å²) in [6, 6.07) is 14.5. The summed E-state index contributed by atoms with van der Waals surface area (Å²) in [5.74, 6) is 1.03. The molecule has 1 N–H and O–H groups in total. The van der Waals surface area contributed by atoms with Crippen molar-refractivity contribution in [3.05, 3.63) is 53.6 Å². The van der Waals surface area contributed by atoms with Crippen LogP contribution in [-0.2, 0) is 17.6 Å². The zero-order chi connectivity index (χ0) is 19.9. The quantitative estimate of drug-likeness (QED) is 0.796. The van der Waals surface area contributed by atoms with E-state index in [4.69, 9.17) is 4.74 Å². The van der Waals surface area contributed by atoms with Crippen molar-refractivity contribution in [2.45, 2.75) is 26.7 Å². The van der Waals surface area contributed by atoms with Crippen molar-refractivity contribution in [1.29, 1.82) is 0 Å². The van der Waals surface area contributed by atoms with E-state index in [1.165, 1.54) is 16.8 Å². The van der Waals surface area contributed by atoms with Gasteiger partial charge in [0, 0.05) is 37.6 Å². The van der Waals surface area contributed by atoms with Crippen molar-refractivity contribution >= 4 is 17.3 Å². The van der Waals surface area contributed by atoms with Crippen LogP contribution in [0.4, 0.5) is 11.4 Å². The minimum atomic E-state index is 0.169. The van der Waals surface area contributed by atoms with E-state index < -0.39 is 0 Å². The first-order valence-corrected chi connectivity index (χ1v) is 10.2. The molecule has 0 radical (unpaired) electrons. The fraction of sp³-hybridized carbons (Fsp3) is 0.435. The number of rotatable bonds is 7. The molecule has 0 unspecified atom stereocenters. The first-order valence-electron chi connectivity index (χ1n) is 10.2. The second-order valence-corrected chi connectivity index (χ2v) is 7.08. The fourth-order valence-corrected chi connectivity index (χ4v) is 3.75. The highest BCUT2D eigenvalue weighted by Gasteiger charge is 2.21. The molecule has 2 aromatic rings. The second-order valence-electron chi connectivity index (χ2n) is 7.08. The lowest BCUT2D eigenvalue weighted by atomic mass is 10.0. The minimum Gasteiger partial charge on any atom is -0.497 e. The minimum absolute atomic E-state index is 0.169. The third-order valence-corrected chi connectivity index (χ3v) is 5.49. The summed E-state index contributed by atoms with van der Waals surface area (Å²) in [5.41, 5.74) is 4.86. The Bertz CT molecular complexity index is 759. The van der Waals surface area contributed by atoms with Gasteiger partial charge in [0.15, 0.2) is 0 Å². The van der Waals surface area contributed by atoms with Gasteiger partial charge in [0.05, 0.1) is 13.7 Å². The van der Waals surface area contributed by atoms with Gasteiger partial charge in [-0.25, -0.2) is 0 Å². The van der Waals surface area contributed by atoms with Crippen LogP contribution in [-0.4, -0.2) is 50.6 Å². The number of hydrogen-bond acceptors (Lipinski definition) is 4. The average molecular weight is 382 g/mol. The molecular weight excluding hydrogens is 350 g/mol. The highest BCUT2D eigenvalue weighted by atomic mass is 16.5. The summed E-state index contributed by atoms with van der Waals surface area (Å²) >= 11 is 0. The standard InChI is InChI=1S/C23H31N3O2/c1-4-18-7-6-8-19(5-2)23(18)24-17-22(27)26-15-13-25(14-16-26)20-9-11-21(28-3)12-10-20/h6-12,24H,4-5,13-17H2,1-3H3. The Kier molecular flexibility index (Phi) is 6.80. The maximum absolute atomic E-state index is 12.7. The van der Waals surface area contributed by atoms with Crippen LogP contribution in [0.15, 0.2) is 42.5 Å². The average Bonchev–Trinajstić information content (AvgIpc) is 2.77. The SMILES string of the molecule is CCc1cccc(CC)c1NCC(=O)N1CCN(c2ccc(OC)cc2)CC1. The summed E-state index contributed by atoms with van der Waals surface area (Å²) in [4.78, 5) is 17.0. The molecule has 2 aromatic carbocycles. The van der Waals surface area contributed by atoms with Gasteiger partial charge in [0.2, 0.25) is 5.91 Å². The largest absolute Gasteiger partial charge is 0.497 e. The molecule has 1 saturated heterocycles. The molecule has 0 aromatic heterocycles. The van der Waals surface area contributed by atoms with Gasteiger partial charge in [-0.15, -0.1) is 0 Å². The van der Waals surface area contributed by atoms with E-state index in [-0.39, 0.29) is 5.91 Å². The number of amides is 1. The van der Waals surface area contributed by atoms with Gasteiger partial charge in [0.25, 0.3) is 0 Å². The molecule has 0 atom stereocenters. The molecule has 5 nitrogen and oxygen atoms in total. The summed E-state index contributed by atoms with van der Waals surface area (Å²) < 4.78 is 5.22. The highest BCUT2D eigenvalue weighted by molar-refractivity contribution is 5.82. The van der Waals surface area contributed by atoms with Crippen LogP contribution in [0.25, 0.3) is 0 Å². The molecule has 5 heteroatoms. The third kappa shape index (κ3) is 4.58. The lowest BCUT2D eigenvalue weighted by molar-refractivity contribution is -0.129. The van der Waals surface area contributed by atoms with Gasteiger partial charge >= 0.3 is 0 Å². The predicted octanol–water partition coefficient (Wildman–Crippen LogP) is 3.58. The van der Waals surface area contributed by atoms with Crippen molar-refractivity contribution in [2.75, 3.05) is 50.1 Å². The topological polar surface area (TPSA) is 44.8 Å². The number of anilines is 2. The normalized spacial score (nSPS) is 14.1. The van der Waals surface area contributed by atoms with Crippen molar-refractivity contribution in [2.24, 2.45) is 0 Å². The number of aryl methyl sites for hydroxylation is 2. The molecular formula is C23H31N3O2. The van der Waals surface area contributed by atoms with Crippen LogP contribution >= 0.6 is 0 Å². The molecule has 1 heterocycles. The Morgan fingerprint density at radius 1 is 0.964 bits per heavy atom. The van der Waals surface area contributed by atoms with Crippen LogP contribution in [0.1, 0.15) is 25.0 Å². The third-order valence-electron chi connectivity index (χ3n) is 5.49. The second kappa shape index (κ2) is 9.49. The lowest BCUT2D eigenvalue weighted by Crippen LogP contribution is -2.50. The van der Waals surface area contributed by atoms with Crippen molar-refractivity contribution in [3.63, 3.8) is 0 Å². The van der Waals surface area contributed by atoms with Crippen LogP contribution in [0.3, 0.4) is 0 Å². The first kappa shape index (κ1) is 20.1. The van der Waals surface area contributed by atoms with E-state index in [0.717, 1.165) is 50.5 Å². The number of hydrogen-bond donors (Lipinski definition) is 1. The summed E-state index contributed by atoms with van der Waals surface area (Å²) in [5, 5.41) is 3.42. The van der Waals surface area contributed by atoms with Gasteiger partial charge < -0.3 is 19.9 Å². The monoisotopic (exact) mass is 381 g/mol. The number of para-hydroxylation sites is 1. The van der Waals surface area contributed by atoms with Gasteiger partial charge in [0.1, 0.15) is 5.75 Å². The zero-order valence-corrected chi connectivity index (χ0v) is 17.2. The Hall–Kier alpha value is -2.69. The predicted molar refractivity (Wildman–Crippen MR) is 115 cm³/mol. The number of nitrogens with zero attached hydrogens (tertiary/aromatic N) is 2. The molecule has 0 saturated carbocycles. The summed E-state index contributed by atoms with van der Waals surface area (Å²) in [6.45, 7) is 7.87. The molecule has 0 spiro atoms. The Balaban J connectivity index is 1.54. The van der Waals surface area contributed by atoms with Crippen LogP contribution in [0, 0.1) is 0 Å². The Morgan fingerprint density at radius 3 is 2.11 bits per heavy atom. The van der Waals surface area contributed by atoms with Crippen molar-refractivity contribution in [3.8, 4) is 5.75 Å². The number of piperazine rings is 1. The van der Waals surface area contributed by atoms with E-state index >= 15 is 0 Å². The molecule has 0 aliphatic carbocycles. The number of carbonyl (C=O) groups is 1. The summed E-state index contributed by atoms with van der Waals surface area (Å²) in [6.07, 6.45) is 1.93. The van der Waals surface area contributed by atoms with Crippen LogP contribution in [0.2, 0.25) is 0 Å². The van der Waals surface area contributed by atoms with Gasteiger partial charge in [-0.1, -0.05) is 32.0 Å². The number of ether oxygens (including phenoxy) is 1. The van der Waals surface area contributed by atoms with E-state index in [0.29, 0.717) is 6.54 Å². The molecule has 1 aliphatic heterocycles. The van der Waals surface area contributed by atoms with E-state index in [1.807, 2.05) is 17.0 Å². The lowest BCUT2D eigenvalue weighted by Gasteiger charge is -2.36. The summed E-state index contributed by atoms with van der Waals surface area (Å²) in [7, 11) is 1.68. The fourth-order valence-electron chi connectivity index (χ4n) is 3.75. The number of benzene rings is 2. The van der Waals surface area contributed by atoms with E-state index in [2.05, 4.69) is 54.4 Å². The maximum atomic E-state index is 12.7. The molecule has 1 fully saturated rings. The smallest absolute Gasteiger partial charge is 0.241 e. The Labute approximate surface area is 168 Å². The molecule has 0 bridgehead atoms. The van der Waals surface area contributed by atoms with Crippen molar-refractivity contribution in [1.82, 2.24) is 4.90 Å². The van der Waals surface area contributed by atoms with Crippen LogP contribution in [0.5, 0.6) is 5.75 Å². The Morgan fingerprint density at radius 2 is 1.57 bits per heavy atom. The first-order chi connectivity index (χ1) is 13.7. The number of carbonyl (C=O) groups excluding carboxylic acids is 1. The zero-order valence-electron chi connectivity index (χ0n) is 17.2.